The molecule has 0 saturated carbocycles. The Balaban J connectivity index is 1.18. The van der Waals surface area contributed by atoms with Crippen molar-refractivity contribution in [3.63, 3.8) is 0 Å². The highest BCUT2D eigenvalue weighted by Crippen LogP contribution is 2.43. The molecule has 38 heavy (non-hydrogen) atoms. The minimum absolute atomic E-state index is 0.102. The highest BCUT2D eigenvalue weighted by molar-refractivity contribution is 5.59. The number of para-hydroxylation sites is 1. The highest BCUT2D eigenvalue weighted by atomic mass is 16.5. The van der Waals surface area contributed by atoms with Gasteiger partial charge in [0.25, 0.3) is 0 Å². The number of anilines is 3. The fourth-order valence-corrected chi connectivity index (χ4v) is 5.09. The lowest BCUT2D eigenvalue weighted by molar-refractivity contribution is 0.0384. The number of rotatable bonds is 6. The number of aromatic nitrogens is 2. The molecule has 2 aromatic carbocycles. The first-order valence-corrected chi connectivity index (χ1v) is 12.9. The zero-order valence-corrected chi connectivity index (χ0v) is 21.6. The molecule has 1 unspecified atom stereocenters. The molecule has 0 aliphatic carbocycles. The second-order valence-electron chi connectivity index (χ2n) is 9.95. The van der Waals surface area contributed by atoms with Crippen molar-refractivity contribution in [2.24, 2.45) is 0 Å². The average molecular weight is 510 g/mol. The monoisotopic (exact) mass is 509 g/mol. The molecule has 0 radical (unpaired) electrons. The molecule has 1 saturated heterocycles. The molecule has 2 N–H and O–H groups in total. The normalized spacial score (nSPS) is 16.3. The van der Waals surface area contributed by atoms with Crippen LogP contribution in [0.5, 0.6) is 11.5 Å². The fourth-order valence-electron chi connectivity index (χ4n) is 5.09. The zero-order valence-electron chi connectivity index (χ0n) is 21.6. The number of fused-ring (bicyclic) bond motifs is 2. The summed E-state index contributed by atoms with van der Waals surface area (Å²) in [6.07, 6.45) is 6.09. The maximum Gasteiger partial charge on any atom is 0.249 e. The molecule has 2 aliphatic rings. The smallest absolute Gasteiger partial charge is 0.249 e. The molecule has 1 atom stereocenters. The van der Waals surface area contributed by atoms with Crippen LogP contribution in [-0.4, -0.2) is 43.8 Å². The molecule has 8 nitrogen and oxygen atoms in total. The van der Waals surface area contributed by atoms with Gasteiger partial charge in [-0.2, -0.15) is 0 Å². The van der Waals surface area contributed by atoms with E-state index in [1.165, 1.54) is 0 Å². The van der Waals surface area contributed by atoms with Crippen molar-refractivity contribution < 1.29 is 9.47 Å². The summed E-state index contributed by atoms with van der Waals surface area (Å²) in [6, 6.07) is 18.3. The van der Waals surface area contributed by atoms with E-state index in [-0.39, 0.29) is 11.7 Å². The molecule has 2 aromatic heterocycles. The predicted molar refractivity (Wildman–Crippen MR) is 150 cm³/mol. The number of nitrogens with one attached hydrogen (secondary N) is 2. The summed E-state index contributed by atoms with van der Waals surface area (Å²) in [6.45, 7) is 2.67. The van der Waals surface area contributed by atoms with E-state index in [1.807, 2.05) is 38.6 Å². The van der Waals surface area contributed by atoms with Crippen LogP contribution in [0.1, 0.15) is 28.4 Å². The van der Waals surface area contributed by atoms with Gasteiger partial charge in [-0.3, -0.25) is 9.78 Å². The molecule has 1 fully saturated rings. The Kier molecular flexibility index (Phi) is 6.47. The van der Waals surface area contributed by atoms with E-state index in [9.17, 15) is 4.79 Å². The van der Waals surface area contributed by atoms with Crippen molar-refractivity contribution in [2.45, 2.75) is 19.1 Å². The topological polar surface area (TPSA) is 82.7 Å². The van der Waals surface area contributed by atoms with E-state index < -0.39 is 0 Å². The number of hydrogen-bond acceptors (Lipinski definition) is 7. The van der Waals surface area contributed by atoms with Gasteiger partial charge in [0.15, 0.2) is 0 Å². The third-order valence-electron chi connectivity index (χ3n) is 7.11. The SMILES string of the molecule is CN(C)c1cncc(CNc2ccc3c(c2)Cc2cccc(C4CN(c5cc[nH]c(=O)c5)CCO4)c2O3)c1. The van der Waals surface area contributed by atoms with Crippen LogP contribution < -0.4 is 25.4 Å². The van der Waals surface area contributed by atoms with Gasteiger partial charge in [0.1, 0.15) is 17.6 Å². The Morgan fingerprint density at radius 3 is 2.89 bits per heavy atom. The van der Waals surface area contributed by atoms with Crippen molar-refractivity contribution in [3.05, 3.63) is 106 Å². The van der Waals surface area contributed by atoms with Crippen LogP contribution in [0.25, 0.3) is 0 Å². The van der Waals surface area contributed by atoms with Gasteiger partial charge in [-0.25, -0.2) is 0 Å². The fraction of sp³-hybridized carbons (Fsp3) is 0.267. The minimum atomic E-state index is -0.146. The van der Waals surface area contributed by atoms with Crippen molar-refractivity contribution in [2.75, 3.05) is 48.9 Å². The van der Waals surface area contributed by atoms with Gasteiger partial charge < -0.3 is 29.6 Å². The number of morpholine rings is 1. The number of benzene rings is 2. The minimum Gasteiger partial charge on any atom is -0.456 e. The molecule has 0 spiro atoms. The maximum atomic E-state index is 11.8. The Morgan fingerprint density at radius 1 is 1.11 bits per heavy atom. The van der Waals surface area contributed by atoms with Crippen LogP contribution in [-0.2, 0) is 17.7 Å². The van der Waals surface area contributed by atoms with E-state index in [1.54, 1.807) is 12.3 Å². The van der Waals surface area contributed by atoms with Crippen LogP contribution in [0.2, 0.25) is 0 Å². The summed E-state index contributed by atoms with van der Waals surface area (Å²) in [5.41, 5.74) is 7.39. The quantitative estimate of drug-likeness (QED) is 0.343. The third kappa shape index (κ3) is 4.95. The molecule has 4 heterocycles. The van der Waals surface area contributed by atoms with Crippen LogP contribution >= 0.6 is 0 Å². The van der Waals surface area contributed by atoms with Gasteiger partial charge in [-0.05, 0) is 41.5 Å². The predicted octanol–water partition coefficient (Wildman–Crippen LogP) is 4.72. The number of aromatic amines is 1. The van der Waals surface area contributed by atoms with Crippen LogP contribution in [0.4, 0.5) is 17.1 Å². The summed E-state index contributed by atoms with van der Waals surface area (Å²) < 4.78 is 12.7. The Morgan fingerprint density at radius 2 is 2.03 bits per heavy atom. The Labute approximate surface area is 221 Å². The van der Waals surface area contributed by atoms with E-state index >= 15 is 0 Å². The number of pyridine rings is 2. The molecular formula is C30H31N5O3. The second-order valence-corrected chi connectivity index (χ2v) is 9.95. The molecule has 8 heteroatoms. The zero-order chi connectivity index (χ0) is 26.1. The van der Waals surface area contributed by atoms with E-state index in [4.69, 9.17) is 9.47 Å². The first-order valence-electron chi connectivity index (χ1n) is 12.9. The first kappa shape index (κ1) is 24.1. The second kappa shape index (κ2) is 10.2. The molecule has 6 rings (SSSR count). The summed E-state index contributed by atoms with van der Waals surface area (Å²) >= 11 is 0. The molecule has 4 aromatic rings. The third-order valence-corrected chi connectivity index (χ3v) is 7.11. The van der Waals surface area contributed by atoms with E-state index in [0.717, 1.165) is 63.8 Å². The van der Waals surface area contributed by atoms with Crippen LogP contribution in [0.15, 0.2) is 78.0 Å². The lowest BCUT2D eigenvalue weighted by Crippen LogP contribution is -2.39. The summed E-state index contributed by atoms with van der Waals surface area (Å²) in [4.78, 5) is 23.1. The van der Waals surface area contributed by atoms with Crippen LogP contribution in [0.3, 0.4) is 0 Å². The van der Waals surface area contributed by atoms with Gasteiger partial charge in [-0.1, -0.05) is 18.2 Å². The van der Waals surface area contributed by atoms with Gasteiger partial charge in [0.2, 0.25) is 5.56 Å². The molecule has 0 amide bonds. The van der Waals surface area contributed by atoms with E-state index in [0.29, 0.717) is 19.7 Å². The first-order chi connectivity index (χ1) is 18.5. The molecule has 2 aliphatic heterocycles. The molecule has 0 bridgehead atoms. The number of hydrogen-bond donors (Lipinski definition) is 2. The number of ether oxygens (including phenoxy) is 2. The maximum absolute atomic E-state index is 11.8. The molecular weight excluding hydrogens is 478 g/mol. The number of nitrogens with zero attached hydrogens (tertiary/aromatic N) is 3. The van der Waals surface area contributed by atoms with Crippen molar-refractivity contribution in [3.8, 4) is 11.5 Å². The number of H-pyrrole nitrogens is 1. The van der Waals surface area contributed by atoms with Gasteiger partial charge in [0.05, 0.1) is 18.5 Å². The van der Waals surface area contributed by atoms with Gasteiger partial charge in [-0.15, -0.1) is 0 Å². The van der Waals surface area contributed by atoms with Gasteiger partial charge in [0, 0.05) is 81.1 Å². The highest BCUT2D eigenvalue weighted by Gasteiger charge is 2.28. The summed E-state index contributed by atoms with van der Waals surface area (Å²) in [5.74, 6) is 1.75. The largest absolute Gasteiger partial charge is 0.456 e. The van der Waals surface area contributed by atoms with Crippen molar-refractivity contribution in [1.29, 1.82) is 0 Å². The Hall–Kier alpha value is -4.30. The lowest BCUT2D eigenvalue weighted by atomic mass is 9.95. The average Bonchev–Trinajstić information content (AvgIpc) is 2.95. The summed E-state index contributed by atoms with van der Waals surface area (Å²) in [7, 11) is 4.03. The molecule has 194 valence electrons. The standard InChI is InChI=1S/C30H31N5O3/c1-34(2)25-12-20(16-31-18-25)17-33-23-6-7-27-22(14-23)13-21-4-3-5-26(30(21)38-27)28-19-35(10-11-37-28)24-8-9-32-29(36)15-24/h3-9,12,14-16,18,28,33H,10-11,13,17,19H2,1-2H3,(H,32,36). The van der Waals surface area contributed by atoms with E-state index in [2.05, 4.69) is 61.5 Å². The van der Waals surface area contributed by atoms with Crippen molar-refractivity contribution >= 4 is 17.1 Å². The van der Waals surface area contributed by atoms with Crippen molar-refractivity contribution in [1.82, 2.24) is 9.97 Å². The summed E-state index contributed by atoms with van der Waals surface area (Å²) in [5, 5.41) is 3.52. The lowest BCUT2D eigenvalue weighted by Gasteiger charge is -2.36. The van der Waals surface area contributed by atoms with Gasteiger partial charge >= 0.3 is 0 Å². The Bertz CT molecular complexity index is 1520. The van der Waals surface area contributed by atoms with Crippen LogP contribution in [0, 0.1) is 0 Å².